The van der Waals surface area contributed by atoms with Crippen LogP contribution < -0.4 is 0 Å². The second kappa shape index (κ2) is 9.18. The molecule has 0 unspecified atom stereocenters. The van der Waals surface area contributed by atoms with E-state index in [-0.39, 0.29) is 34.7 Å². The molecule has 0 aromatic heterocycles. The Balaban J connectivity index is 1.36. The zero-order valence-electron chi connectivity index (χ0n) is 24.0. The van der Waals surface area contributed by atoms with Crippen molar-refractivity contribution in [2.24, 2.45) is 58.2 Å². The molecule has 0 bridgehead atoms. The molecule has 0 saturated heterocycles. The SMILES string of the molecule is COC1(OC)CC[C@@]2(C)[C@@H](C[C@@H](O)[C@@H]3[C@@H]2C[C@@H](O)[C@@]2(C)[C@H]3CC[C@@H]2[C@@](C)(O)CC[C@@H](C)[C@@H]2C[C@H]2C)C1. The van der Waals surface area contributed by atoms with Crippen LogP contribution >= 0.6 is 0 Å². The fraction of sp³-hybridized carbons (Fsp3) is 1.00. The molecule has 0 aliphatic heterocycles. The van der Waals surface area contributed by atoms with E-state index in [1.807, 2.05) is 6.92 Å². The number of methoxy groups -OCH3 is 2. The minimum atomic E-state index is -0.781. The molecule has 0 radical (unpaired) electrons. The third-order valence-electron chi connectivity index (χ3n) is 13.3. The maximum absolute atomic E-state index is 11.9. The fourth-order valence-electron chi connectivity index (χ4n) is 10.6. The number of fused-ring (bicyclic) bond motifs is 5. The number of hydrogen-bond donors (Lipinski definition) is 3. The lowest BCUT2D eigenvalue weighted by Gasteiger charge is -2.64. The molecule has 36 heavy (non-hydrogen) atoms. The normalized spacial score (nSPS) is 52.0. The van der Waals surface area contributed by atoms with E-state index < -0.39 is 17.5 Å². The number of aliphatic hydroxyl groups is 3. The highest BCUT2D eigenvalue weighted by Gasteiger charge is 2.68. The summed E-state index contributed by atoms with van der Waals surface area (Å²) < 4.78 is 11.7. The van der Waals surface area contributed by atoms with Gasteiger partial charge in [0, 0.05) is 32.5 Å². The van der Waals surface area contributed by atoms with E-state index in [1.54, 1.807) is 14.2 Å². The van der Waals surface area contributed by atoms with Crippen molar-refractivity contribution in [2.75, 3.05) is 14.2 Å². The highest BCUT2D eigenvalue weighted by Crippen LogP contribution is 2.69. The van der Waals surface area contributed by atoms with Gasteiger partial charge >= 0.3 is 0 Å². The topological polar surface area (TPSA) is 79.2 Å². The minimum Gasteiger partial charge on any atom is -0.393 e. The van der Waals surface area contributed by atoms with Crippen molar-refractivity contribution in [3.8, 4) is 0 Å². The first-order chi connectivity index (χ1) is 16.8. The maximum atomic E-state index is 11.9. The van der Waals surface area contributed by atoms with Gasteiger partial charge in [-0.25, -0.2) is 0 Å². The molecule has 0 spiro atoms. The van der Waals surface area contributed by atoms with Crippen molar-refractivity contribution in [1.29, 1.82) is 0 Å². The van der Waals surface area contributed by atoms with Gasteiger partial charge in [-0.05, 0) is 111 Å². The Morgan fingerprint density at radius 1 is 1.00 bits per heavy atom. The van der Waals surface area contributed by atoms with Crippen LogP contribution in [0.3, 0.4) is 0 Å². The Kier molecular flexibility index (Phi) is 6.98. The Bertz CT molecular complexity index is 809. The quantitative estimate of drug-likeness (QED) is 0.403. The first kappa shape index (κ1) is 27.4. The number of rotatable bonds is 7. The summed E-state index contributed by atoms with van der Waals surface area (Å²) in [5.41, 5.74) is -1.05. The van der Waals surface area contributed by atoms with Gasteiger partial charge in [-0.1, -0.05) is 27.7 Å². The van der Waals surface area contributed by atoms with Crippen molar-refractivity contribution in [2.45, 2.75) is 122 Å². The van der Waals surface area contributed by atoms with Crippen molar-refractivity contribution in [3.05, 3.63) is 0 Å². The monoisotopic (exact) mass is 506 g/mol. The van der Waals surface area contributed by atoms with Crippen molar-refractivity contribution >= 4 is 0 Å². The predicted molar refractivity (Wildman–Crippen MR) is 141 cm³/mol. The largest absolute Gasteiger partial charge is 0.393 e. The Morgan fingerprint density at radius 3 is 2.28 bits per heavy atom. The van der Waals surface area contributed by atoms with Crippen LogP contribution in [-0.4, -0.2) is 53.1 Å². The molecule has 3 N–H and O–H groups in total. The fourth-order valence-corrected chi connectivity index (χ4v) is 10.6. The van der Waals surface area contributed by atoms with E-state index in [0.29, 0.717) is 17.8 Å². The summed E-state index contributed by atoms with van der Waals surface area (Å²) >= 11 is 0. The molecule has 13 atom stereocenters. The molecular formula is C31H54O5. The van der Waals surface area contributed by atoms with Gasteiger partial charge in [-0.2, -0.15) is 0 Å². The summed E-state index contributed by atoms with van der Waals surface area (Å²) in [6.07, 6.45) is 8.54. The van der Waals surface area contributed by atoms with Crippen LogP contribution in [0.2, 0.25) is 0 Å². The van der Waals surface area contributed by atoms with Gasteiger partial charge in [0.2, 0.25) is 0 Å². The lowest BCUT2D eigenvalue weighted by atomic mass is 9.42. The van der Waals surface area contributed by atoms with Crippen molar-refractivity contribution in [3.63, 3.8) is 0 Å². The van der Waals surface area contributed by atoms with Crippen LogP contribution in [0.15, 0.2) is 0 Å². The highest BCUT2D eigenvalue weighted by atomic mass is 16.7. The van der Waals surface area contributed by atoms with E-state index in [0.717, 1.165) is 69.6 Å². The molecule has 0 aromatic carbocycles. The van der Waals surface area contributed by atoms with Crippen LogP contribution in [0, 0.1) is 58.2 Å². The lowest BCUT2D eigenvalue weighted by Crippen LogP contribution is -2.64. The van der Waals surface area contributed by atoms with Gasteiger partial charge in [0.05, 0.1) is 17.8 Å². The molecule has 5 heteroatoms. The summed E-state index contributed by atoms with van der Waals surface area (Å²) in [6.45, 7) is 11.4. The summed E-state index contributed by atoms with van der Waals surface area (Å²) in [6, 6.07) is 0. The van der Waals surface area contributed by atoms with E-state index >= 15 is 0 Å². The first-order valence-electron chi connectivity index (χ1n) is 15.0. The molecule has 5 saturated carbocycles. The molecule has 0 heterocycles. The zero-order valence-corrected chi connectivity index (χ0v) is 24.0. The summed E-state index contributed by atoms with van der Waals surface area (Å²) in [7, 11) is 3.47. The Hall–Kier alpha value is -0.200. The summed E-state index contributed by atoms with van der Waals surface area (Å²) in [5.74, 6) is 2.93. The van der Waals surface area contributed by atoms with Crippen LogP contribution in [0.25, 0.3) is 0 Å². The third kappa shape index (κ3) is 4.05. The van der Waals surface area contributed by atoms with Crippen LogP contribution in [0.5, 0.6) is 0 Å². The van der Waals surface area contributed by atoms with Crippen LogP contribution in [-0.2, 0) is 9.47 Å². The highest BCUT2D eigenvalue weighted by molar-refractivity contribution is 5.16. The Labute approximate surface area is 219 Å². The zero-order chi connectivity index (χ0) is 26.3. The van der Waals surface area contributed by atoms with Crippen LogP contribution in [0.4, 0.5) is 0 Å². The van der Waals surface area contributed by atoms with Gasteiger partial charge in [-0.15, -0.1) is 0 Å². The predicted octanol–water partition coefficient (Wildman–Crippen LogP) is 5.40. The molecule has 5 nitrogen and oxygen atoms in total. The smallest absolute Gasteiger partial charge is 0.167 e. The average molecular weight is 507 g/mol. The van der Waals surface area contributed by atoms with E-state index in [1.165, 1.54) is 6.42 Å². The summed E-state index contributed by atoms with van der Waals surface area (Å²) in [5, 5.41) is 35.4. The molecule has 5 aliphatic rings. The molecule has 0 aromatic rings. The van der Waals surface area contributed by atoms with Gasteiger partial charge in [0.15, 0.2) is 5.79 Å². The molecule has 0 amide bonds. The average Bonchev–Trinajstić information content (AvgIpc) is 3.45. The van der Waals surface area contributed by atoms with Gasteiger partial charge in [0.25, 0.3) is 0 Å². The second-order valence-corrected chi connectivity index (χ2v) is 14.8. The van der Waals surface area contributed by atoms with Gasteiger partial charge in [0.1, 0.15) is 0 Å². The van der Waals surface area contributed by atoms with Crippen molar-refractivity contribution in [1.82, 2.24) is 0 Å². The van der Waals surface area contributed by atoms with Gasteiger partial charge < -0.3 is 24.8 Å². The van der Waals surface area contributed by atoms with E-state index in [2.05, 4.69) is 27.7 Å². The number of hydrogen-bond acceptors (Lipinski definition) is 5. The molecule has 5 rings (SSSR count). The lowest BCUT2D eigenvalue weighted by molar-refractivity contribution is -0.276. The van der Waals surface area contributed by atoms with Gasteiger partial charge in [-0.3, -0.25) is 0 Å². The van der Waals surface area contributed by atoms with Crippen molar-refractivity contribution < 1.29 is 24.8 Å². The number of aliphatic hydroxyl groups excluding tert-OH is 2. The molecule has 5 aliphatic carbocycles. The minimum absolute atomic E-state index is 0.0732. The standard InChI is InChI=1S/C31H54O5/c1-18(21-14-19(21)2)10-11-29(4,34)25-9-8-22-27-23(16-26(33)30(22,25)5)28(3)12-13-31(35-6,36-7)17-20(28)15-24(27)32/h18-27,32-34H,8-17H2,1-7H3/t18-,19-,20+,21+,22+,23+,24-,25-,26-,27+,28+,29+,30+/m1/s1. The number of ether oxygens (including phenoxy) is 2. The third-order valence-corrected chi connectivity index (χ3v) is 13.3. The Morgan fingerprint density at radius 2 is 1.67 bits per heavy atom. The second-order valence-electron chi connectivity index (χ2n) is 14.8. The van der Waals surface area contributed by atoms with E-state index in [4.69, 9.17) is 9.47 Å². The van der Waals surface area contributed by atoms with Crippen LogP contribution in [0.1, 0.15) is 98.8 Å². The summed E-state index contributed by atoms with van der Waals surface area (Å²) in [4.78, 5) is 0. The molecular weight excluding hydrogens is 452 g/mol. The maximum Gasteiger partial charge on any atom is 0.167 e. The molecule has 208 valence electrons. The molecule has 5 fully saturated rings. The van der Waals surface area contributed by atoms with E-state index in [9.17, 15) is 15.3 Å². The first-order valence-corrected chi connectivity index (χ1v) is 15.0.